The minimum atomic E-state index is -0.218. The number of methoxy groups -OCH3 is 1. The lowest BCUT2D eigenvalue weighted by Crippen LogP contribution is -2.15. The largest absolute Gasteiger partial charge is 0.495 e. The number of hydrogen-bond acceptors (Lipinski definition) is 4. The molecule has 18 heavy (non-hydrogen) atoms. The van der Waals surface area contributed by atoms with Crippen LogP contribution in [0, 0.1) is 0 Å². The van der Waals surface area contributed by atoms with E-state index in [4.69, 9.17) is 16.3 Å². The van der Waals surface area contributed by atoms with Crippen molar-refractivity contribution in [2.24, 2.45) is 0 Å². The number of amides is 1. The lowest BCUT2D eigenvalue weighted by molar-refractivity contribution is -0.115. The van der Waals surface area contributed by atoms with Crippen molar-refractivity contribution in [3.05, 3.63) is 41.2 Å². The highest BCUT2D eigenvalue weighted by molar-refractivity contribution is 6.31. The van der Waals surface area contributed by atoms with Crippen LogP contribution in [0.15, 0.2) is 35.1 Å². The van der Waals surface area contributed by atoms with Crippen molar-refractivity contribution in [1.29, 1.82) is 0 Å². The summed E-state index contributed by atoms with van der Waals surface area (Å²) in [4.78, 5) is 11.8. The van der Waals surface area contributed by atoms with Crippen LogP contribution in [0.25, 0.3) is 0 Å². The first-order chi connectivity index (χ1) is 8.69. The van der Waals surface area contributed by atoms with Gasteiger partial charge in [0.2, 0.25) is 5.91 Å². The van der Waals surface area contributed by atoms with Crippen LogP contribution < -0.4 is 10.1 Å². The summed E-state index contributed by atoms with van der Waals surface area (Å²) in [5.74, 6) is 0.331. The first-order valence-corrected chi connectivity index (χ1v) is 5.59. The van der Waals surface area contributed by atoms with Gasteiger partial charge in [0.05, 0.1) is 24.9 Å². The van der Waals surface area contributed by atoms with E-state index in [0.717, 1.165) is 0 Å². The molecular weight excluding hydrogens is 256 g/mol. The van der Waals surface area contributed by atoms with Crippen LogP contribution in [0.1, 0.15) is 5.69 Å². The van der Waals surface area contributed by atoms with E-state index in [-0.39, 0.29) is 12.3 Å². The summed E-state index contributed by atoms with van der Waals surface area (Å²) in [6, 6.07) is 6.64. The second-order valence-corrected chi connectivity index (χ2v) is 4.00. The van der Waals surface area contributed by atoms with Gasteiger partial charge in [-0.2, -0.15) is 0 Å². The molecule has 0 spiro atoms. The van der Waals surface area contributed by atoms with Crippen molar-refractivity contribution in [3.8, 4) is 5.75 Å². The molecule has 1 aromatic carbocycles. The van der Waals surface area contributed by atoms with E-state index in [1.165, 1.54) is 13.4 Å². The number of carbonyl (C=O) groups excluding carboxylic acids is 1. The summed E-state index contributed by atoms with van der Waals surface area (Å²) >= 11 is 5.87. The Labute approximate surface area is 109 Å². The fourth-order valence-electron chi connectivity index (χ4n) is 1.47. The van der Waals surface area contributed by atoms with Crippen molar-refractivity contribution in [2.45, 2.75) is 6.42 Å². The first kappa shape index (κ1) is 12.4. The summed E-state index contributed by atoms with van der Waals surface area (Å²) in [5, 5.41) is 6.90. The van der Waals surface area contributed by atoms with Gasteiger partial charge in [-0.05, 0) is 18.2 Å². The highest BCUT2D eigenvalue weighted by Gasteiger charge is 2.10. The molecule has 0 saturated heterocycles. The molecule has 1 N–H and O–H groups in total. The van der Waals surface area contributed by atoms with Crippen LogP contribution in [0.5, 0.6) is 5.75 Å². The van der Waals surface area contributed by atoms with Gasteiger partial charge in [-0.15, -0.1) is 0 Å². The van der Waals surface area contributed by atoms with Gasteiger partial charge in [0.25, 0.3) is 0 Å². The smallest absolute Gasteiger partial charge is 0.230 e. The zero-order chi connectivity index (χ0) is 13.0. The Kier molecular flexibility index (Phi) is 3.84. The number of carbonyl (C=O) groups is 1. The molecule has 1 aromatic heterocycles. The van der Waals surface area contributed by atoms with Crippen LogP contribution in [-0.4, -0.2) is 18.2 Å². The van der Waals surface area contributed by atoms with E-state index in [2.05, 4.69) is 15.0 Å². The number of ether oxygens (including phenoxy) is 1. The molecule has 0 bridgehead atoms. The molecule has 0 atom stereocenters. The molecular formula is C12H11ClN2O3. The summed E-state index contributed by atoms with van der Waals surface area (Å²) in [7, 11) is 1.52. The van der Waals surface area contributed by atoms with Crippen molar-refractivity contribution in [1.82, 2.24) is 5.16 Å². The highest BCUT2D eigenvalue weighted by atomic mass is 35.5. The van der Waals surface area contributed by atoms with Crippen molar-refractivity contribution in [2.75, 3.05) is 12.4 Å². The number of aromatic nitrogens is 1. The van der Waals surface area contributed by atoms with Crippen LogP contribution in [0.2, 0.25) is 5.02 Å². The molecule has 0 aliphatic heterocycles. The van der Waals surface area contributed by atoms with E-state index in [1.54, 1.807) is 24.3 Å². The molecule has 2 aromatic rings. The number of halogens is 1. The summed E-state index contributed by atoms with van der Waals surface area (Å²) in [6.45, 7) is 0. The third-order valence-corrected chi connectivity index (χ3v) is 2.50. The molecule has 6 heteroatoms. The van der Waals surface area contributed by atoms with Crippen molar-refractivity contribution < 1.29 is 14.1 Å². The second-order valence-electron chi connectivity index (χ2n) is 3.56. The Hall–Kier alpha value is -2.01. The fourth-order valence-corrected chi connectivity index (χ4v) is 1.64. The number of nitrogens with one attached hydrogen (secondary N) is 1. The molecule has 0 aliphatic carbocycles. The van der Waals surface area contributed by atoms with Gasteiger partial charge in [-0.25, -0.2) is 0 Å². The normalized spacial score (nSPS) is 10.1. The SMILES string of the molecule is COc1ccc(Cl)cc1NC(=O)Cc1ccon1. The summed E-state index contributed by atoms with van der Waals surface area (Å²) < 4.78 is 9.78. The number of anilines is 1. The molecule has 1 heterocycles. The molecule has 0 radical (unpaired) electrons. The van der Waals surface area contributed by atoms with Crippen LogP contribution in [-0.2, 0) is 11.2 Å². The Bertz CT molecular complexity index is 540. The van der Waals surface area contributed by atoms with Crippen LogP contribution in [0.3, 0.4) is 0 Å². The molecule has 94 valence electrons. The second kappa shape index (κ2) is 5.55. The molecule has 0 unspecified atom stereocenters. The molecule has 0 aliphatic rings. The fraction of sp³-hybridized carbons (Fsp3) is 0.167. The third kappa shape index (κ3) is 3.01. The van der Waals surface area contributed by atoms with E-state index < -0.39 is 0 Å². The van der Waals surface area contributed by atoms with Gasteiger partial charge in [0, 0.05) is 11.1 Å². The Balaban J connectivity index is 2.08. The number of hydrogen-bond donors (Lipinski definition) is 1. The maximum absolute atomic E-state index is 11.8. The molecule has 0 fully saturated rings. The van der Waals surface area contributed by atoms with Gasteiger partial charge in [-0.1, -0.05) is 16.8 Å². The van der Waals surface area contributed by atoms with Gasteiger partial charge in [-0.3, -0.25) is 4.79 Å². The Morgan fingerprint density at radius 1 is 1.50 bits per heavy atom. The van der Waals surface area contributed by atoms with Crippen LogP contribution >= 0.6 is 11.6 Å². The van der Waals surface area contributed by atoms with E-state index in [0.29, 0.717) is 22.2 Å². The monoisotopic (exact) mass is 266 g/mol. The zero-order valence-corrected chi connectivity index (χ0v) is 10.4. The predicted octanol–water partition coefficient (Wildman–Crippen LogP) is 2.52. The van der Waals surface area contributed by atoms with E-state index in [1.807, 2.05) is 0 Å². The average molecular weight is 267 g/mol. The van der Waals surface area contributed by atoms with Gasteiger partial charge in [0.1, 0.15) is 12.0 Å². The lowest BCUT2D eigenvalue weighted by atomic mass is 10.2. The van der Waals surface area contributed by atoms with Crippen molar-refractivity contribution in [3.63, 3.8) is 0 Å². The van der Waals surface area contributed by atoms with Crippen molar-refractivity contribution >= 4 is 23.2 Å². The molecule has 2 rings (SSSR count). The lowest BCUT2D eigenvalue weighted by Gasteiger charge is -2.09. The standard InChI is InChI=1S/C12H11ClN2O3/c1-17-11-3-2-8(13)6-10(11)14-12(16)7-9-4-5-18-15-9/h2-6H,7H2,1H3,(H,14,16). The Morgan fingerprint density at radius 3 is 3.00 bits per heavy atom. The van der Waals surface area contributed by atoms with Gasteiger partial charge in [0.15, 0.2) is 0 Å². The van der Waals surface area contributed by atoms with Gasteiger partial charge >= 0.3 is 0 Å². The van der Waals surface area contributed by atoms with Crippen LogP contribution in [0.4, 0.5) is 5.69 Å². The third-order valence-electron chi connectivity index (χ3n) is 2.27. The molecule has 5 nitrogen and oxygen atoms in total. The highest BCUT2D eigenvalue weighted by Crippen LogP contribution is 2.27. The maximum atomic E-state index is 11.8. The van der Waals surface area contributed by atoms with E-state index in [9.17, 15) is 4.79 Å². The summed E-state index contributed by atoms with van der Waals surface area (Å²) in [6.07, 6.45) is 1.55. The number of nitrogens with zero attached hydrogens (tertiary/aromatic N) is 1. The molecule has 1 amide bonds. The minimum absolute atomic E-state index is 0.131. The quantitative estimate of drug-likeness (QED) is 0.923. The Morgan fingerprint density at radius 2 is 2.33 bits per heavy atom. The molecule has 0 saturated carbocycles. The number of benzene rings is 1. The maximum Gasteiger partial charge on any atom is 0.230 e. The number of rotatable bonds is 4. The minimum Gasteiger partial charge on any atom is -0.495 e. The van der Waals surface area contributed by atoms with E-state index >= 15 is 0 Å². The first-order valence-electron chi connectivity index (χ1n) is 5.21. The predicted molar refractivity (Wildman–Crippen MR) is 66.8 cm³/mol. The zero-order valence-electron chi connectivity index (χ0n) is 9.64. The average Bonchev–Trinajstić information content (AvgIpc) is 2.82. The summed E-state index contributed by atoms with van der Waals surface area (Å²) in [5.41, 5.74) is 1.09. The van der Waals surface area contributed by atoms with Gasteiger partial charge < -0.3 is 14.6 Å². The topological polar surface area (TPSA) is 64.4 Å².